The standard InChI is InChI=1S/C23H27ClN4O3S/c1-27(2)22-8-3-14-11-15(4-6-17(14)22)28-10-9-21(23(28)29)26-32(30,31)16-5-7-20-18(12-16)19(24)13-25-20/h4-7,11-13,18,20-22,25-26H,3,8-10H2,1-2H3/t18?,20?,21-,22?/m0/s1. The van der Waals surface area contributed by atoms with Crippen LogP contribution in [0.2, 0.25) is 0 Å². The molecule has 0 aromatic heterocycles. The monoisotopic (exact) mass is 474 g/mol. The number of anilines is 1. The van der Waals surface area contributed by atoms with Gasteiger partial charge in [-0.2, -0.15) is 4.72 Å². The molecule has 1 fully saturated rings. The molecule has 2 aliphatic carbocycles. The highest BCUT2D eigenvalue weighted by molar-refractivity contribution is 7.93. The maximum atomic E-state index is 13.1. The van der Waals surface area contributed by atoms with Crippen molar-refractivity contribution >= 4 is 33.2 Å². The number of allylic oxidation sites excluding steroid dienone is 1. The summed E-state index contributed by atoms with van der Waals surface area (Å²) in [5, 5.41) is 3.68. The zero-order chi connectivity index (χ0) is 22.6. The minimum absolute atomic E-state index is 0.0306. The van der Waals surface area contributed by atoms with E-state index in [-0.39, 0.29) is 22.8 Å². The quantitative estimate of drug-likeness (QED) is 0.684. The Morgan fingerprint density at radius 2 is 2.06 bits per heavy atom. The summed E-state index contributed by atoms with van der Waals surface area (Å²) in [4.78, 5) is 17.1. The lowest BCUT2D eigenvalue weighted by atomic mass is 9.98. The Morgan fingerprint density at radius 3 is 2.84 bits per heavy atom. The van der Waals surface area contributed by atoms with Gasteiger partial charge in [-0.05, 0) is 62.7 Å². The van der Waals surface area contributed by atoms with Crippen LogP contribution in [0.4, 0.5) is 5.69 Å². The third-order valence-electron chi connectivity index (χ3n) is 6.85. The summed E-state index contributed by atoms with van der Waals surface area (Å²) in [6.07, 6.45) is 9.18. The number of fused-ring (bicyclic) bond motifs is 2. The van der Waals surface area contributed by atoms with Gasteiger partial charge in [0.15, 0.2) is 0 Å². The first-order valence-corrected chi connectivity index (χ1v) is 12.8. The largest absolute Gasteiger partial charge is 0.383 e. The van der Waals surface area contributed by atoms with Gasteiger partial charge in [0.25, 0.3) is 0 Å². The number of nitrogens with zero attached hydrogens (tertiary/aromatic N) is 2. The van der Waals surface area contributed by atoms with E-state index in [0.717, 1.165) is 18.5 Å². The van der Waals surface area contributed by atoms with Crippen LogP contribution in [0, 0.1) is 5.92 Å². The molecule has 0 bridgehead atoms. The number of amides is 1. The molecule has 1 saturated heterocycles. The predicted molar refractivity (Wildman–Crippen MR) is 126 cm³/mol. The lowest BCUT2D eigenvalue weighted by molar-refractivity contribution is -0.118. The second kappa shape index (κ2) is 8.02. The zero-order valence-corrected chi connectivity index (χ0v) is 19.7. The second-order valence-corrected chi connectivity index (χ2v) is 11.2. The smallest absolute Gasteiger partial charge is 0.245 e. The van der Waals surface area contributed by atoms with Crippen molar-refractivity contribution in [2.24, 2.45) is 5.92 Å². The van der Waals surface area contributed by atoms with E-state index in [4.69, 9.17) is 11.6 Å². The SMILES string of the molecule is CN(C)C1CCc2cc(N3CC[C@H](NS(=O)(=O)C4=CC5C(Cl)=CNC5C=C4)C3=O)ccc21. The number of rotatable bonds is 5. The molecule has 32 heavy (non-hydrogen) atoms. The van der Waals surface area contributed by atoms with Crippen LogP contribution in [0.15, 0.2) is 52.6 Å². The summed E-state index contributed by atoms with van der Waals surface area (Å²) in [7, 11) is 0.328. The van der Waals surface area contributed by atoms with Gasteiger partial charge in [-0.1, -0.05) is 29.8 Å². The molecule has 1 aromatic rings. The topological polar surface area (TPSA) is 81.8 Å². The first kappa shape index (κ1) is 21.7. The molecule has 1 aromatic carbocycles. The van der Waals surface area contributed by atoms with Crippen molar-refractivity contribution in [2.45, 2.75) is 37.4 Å². The van der Waals surface area contributed by atoms with E-state index in [1.807, 2.05) is 6.07 Å². The molecule has 170 valence electrons. The minimum atomic E-state index is -3.84. The number of benzene rings is 1. The van der Waals surface area contributed by atoms with Gasteiger partial charge < -0.3 is 15.1 Å². The van der Waals surface area contributed by atoms with E-state index in [2.05, 4.69) is 41.2 Å². The fourth-order valence-electron chi connectivity index (χ4n) is 5.10. The number of sulfonamides is 1. The molecule has 4 aliphatic rings. The molecular weight excluding hydrogens is 448 g/mol. The Morgan fingerprint density at radius 1 is 1.25 bits per heavy atom. The van der Waals surface area contributed by atoms with Gasteiger partial charge in [0.05, 0.1) is 10.9 Å². The molecule has 0 spiro atoms. The highest BCUT2D eigenvalue weighted by Gasteiger charge is 2.38. The first-order valence-electron chi connectivity index (χ1n) is 10.9. The summed E-state index contributed by atoms with van der Waals surface area (Å²) < 4.78 is 28.6. The van der Waals surface area contributed by atoms with Gasteiger partial charge in [0, 0.05) is 35.4 Å². The number of carbonyl (C=O) groups excluding carboxylic acids is 1. The fourth-order valence-corrected chi connectivity index (χ4v) is 6.68. The molecule has 1 amide bonds. The highest BCUT2D eigenvalue weighted by atomic mass is 35.5. The first-order chi connectivity index (χ1) is 15.2. The van der Waals surface area contributed by atoms with Gasteiger partial charge in [0.2, 0.25) is 15.9 Å². The van der Waals surface area contributed by atoms with Crippen molar-refractivity contribution in [2.75, 3.05) is 25.5 Å². The van der Waals surface area contributed by atoms with Gasteiger partial charge in [-0.25, -0.2) is 8.42 Å². The third-order valence-corrected chi connectivity index (χ3v) is 8.70. The molecule has 4 atom stereocenters. The van der Waals surface area contributed by atoms with Gasteiger partial charge in [0.1, 0.15) is 6.04 Å². The summed E-state index contributed by atoms with van der Waals surface area (Å²) in [6.45, 7) is 0.486. The highest BCUT2D eigenvalue weighted by Crippen LogP contribution is 2.37. The number of hydrogen-bond donors (Lipinski definition) is 2. The van der Waals surface area contributed by atoms with Crippen molar-refractivity contribution in [1.82, 2.24) is 14.9 Å². The lowest BCUT2D eigenvalue weighted by Crippen LogP contribution is -2.42. The summed E-state index contributed by atoms with van der Waals surface area (Å²) in [6, 6.07) is 5.76. The van der Waals surface area contributed by atoms with E-state index in [1.54, 1.807) is 29.3 Å². The maximum Gasteiger partial charge on any atom is 0.245 e. The lowest BCUT2D eigenvalue weighted by Gasteiger charge is -2.22. The van der Waals surface area contributed by atoms with Crippen molar-refractivity contribution < 1.29 is 13.2 Å². The van der Waals surface area contributed by atoms with Crippen LogP contribution in [0.1, 0.15) is 30.0 Å². The van der Waals surface area contributed by atoms with Crippen molar-refractivity contribution in [3.05, 3.63) is 63.7 Å². The van der Waals surface area contributed by atoms with Crippen LogP contribution < -0.4 is 14.9 Å². The Bertz CT molecular complexity index is 1160. The van der Waals surface area contributed by atoms with Crippen molar-refractivity contribution in [3.8, 4) is 0 Å². The molecule has 2 N–H and O–H groups in total. The second-order valence-electron chi connectivity index (χ2n) is 9.03. The van der Waals surface area contributed by atoms with Gasteiger partial charge >= 0.3 is 0 Å². The molecule has 0 saturated carbocycles. The van der Waals surface area contributed by atoms with Crippen molar-refractivity contribution in [1.29, 1.82) is 0 Å². The van der Waals surface area contributed by atoms with Crippen LogP contribution in [0.5, 0.6) is 0 Å². The Hall–Kier alpha value is -2.13. The molecule has 5 rings (SSSR count). The van der Waals surface area contributed by atoms with Gasteiger partial charge in [-0.3, -0.25) is 4.79 Å². The van der Waals surface area contributed by atoms with E-state index in [0.29, 0.717) is 24.0 Å². The molecule has 2 aliphatic heterocycles. The fraction of sp³-hybridized carbons (Fsp3) is 0.435. The summed E-state index contributed by atoms with van der Waals surface area (Å²) >= 11 is 6.19. The van der Waals surface area contributed by atoms with E-state index < -0.39 is 16.1 Å². The predicted octanol–water partition coefficient (Wildman–Crippen LogP) is 2.38. The Kier molecular flexibility index (Phi) is 5.44. The summed E-state index contributed by atoms with van der Waals surface area (Å²) in [5.41, 5.74) is 3.41. The molecule has 2 heterocycles. The van der Waals surface area contributed by atoms with E-state index >= 15 is 0 Å². The van der Waals surface area contributed by atoms with Crippen molar-refractivity contribution in [3.63, 3.8) is 0 Å². The Labute approximate surface area is 193 Å². The van der Waals surface area contributed by atoms with Crippen LogP contribution >= 0.6 is 11.6 Å². The third kappa shape index (κ3) is 3.69. The molecular formula is C23H27ClN4O3S. The number of aryl methyl sites for hydroxylation is 1. The van der Waals surface area contributed by atoms with Crippen LogP contribution in [-0.2, 0) is 21.2 Å². The number of hydrogen-bond acceptors (Lipinski definition) is 5. The zero-order valence-electron chi connectivity index (χ0n) is 18.1. The molecule has 9 heteroatoms. The average Bonchev–Trinajstić information content (AvgIpc) is 3.45. The van der Waals surface area contributed by atoms with E-state index in [9.17, 15) is 13.2 Å². The van der Waals surface area contributed by atoms with Crippen LogP contribution in [0.25, 0.3) is 0 Å². The minimum Gasteiger partial charge on any atom is -0.383 e. The number of carbonyl (C=O) groups is 1. The number of nitrogens with one attached hydrogen (secondary N) is 2. The number of halogens is 1. The average molecular weight is 475 g/mol. The molecule has 3 unspecified atom stereocenters. The summed E-state index contributed by atoms with van der Waals surface area (Å²) in [5.74, 6) is -0.421. The van der Waals surface area contributed by atoms with Crippen LogP contribution in [-0.4, -0.2) is 51.9 Å². The normalized spacial score (nSPS) is 29.1. The molecule has 0 radical (unpaired) electrons. The Balaban J connectivity index is 1.31. The van der Waals surface area contributed by atoms with E-state index in [1.165, 1.54) is 11.1 Å². The van der Waals surface area contributed by atoms with Gasteiger partial charge in [-0.15, -0.1) is 0 Å². The van der Waals surface area contributed by atoms with Crippen LogP contribution in [0.3, 0.4) is 0 Å². The maximum absolute atomic E-state index is 13.1. The molecule has 7 nitrogen and oxygen atoms in total.